The van der Waals surface area contributed by atoms with Crippen LogP contribution in [0.15, 0.2) is 115 Å². The SMILES string of the molecule is O=[N+]([O-])c1ccc(COC(c2ccccc2)(c2ccccc2)c2ccccc2)cc1. The number of nitro benzene ring substituents is 1. The number of non-ortho nitro benzene ring substituents is 1. The van der Waals surface area contributed by atoms with Crippen LogP contribution in [-0.4, -0.2) is 4.92 Å². The standard InChI is InChI=1S/C26H21NO3/c28-27(29)25-18-16-21(17-19-25)20-30-26(22-10-4-1-5-11-22,23-12-6-2-7-13-23)24-14-8-3-9-15-24/h1-19H,20H2. The van der Waals surface area contributed by atoms with E-state index in [4.69, 9.17) is 4.74 Å². The second-order valence-electron chi connectivity index (χ2n) is 6.99. The van der Waals surface area contributed by atoms with Gasteiger partial charge in [0.05, 0.1) is 11.5 Å². The third kappa shape index (κ3) is 3.86. The number of hydrogen-bond acceptors (Lipinski definition) is 3. The van der Waals surface area contributed by atoms with Crippen molar-refractivity contribution in [2.24, 2.45) is 0 Å². The fourth-order valence-electron chi connectivity index (χ4n) is 3.67. The van der Waals surface area contributed by atoms with E-state index in [-0.39, 0.29) is 5.69 Å². The first-order valence-corrected chi connectivity index (χ1v) is 9.74. The highest BCUT2D eigenvalue weighted by molar-refractivity contribution is 5.47. The molecule has 0 bridgehead atoms. The van der Waals surface area contributed by atoms with Crippen molar-refractivity contribution in [3.8, 4) is 0 Å². The number of hydrogen-bond donors (Lipinski definition) is 0. The Hall–Kier alpha value is -3.76. The van der Waals surface area contributed by atoms with Crippen LogP contribution >= 0.6 is 0 Å². The van der Waals surface area contributed by atoms with E-state index in [1.807, 2.05) is 54.6 Å². The lowest BCUT2D eigenvalue weighted by Gasteiger charge is -2.36. The fourth-order valence-corrected chi connectivity index (χ4v) is 3.67. The average Bonchev–Trinajstić information content (AvgIpc) is 2.82. The Morgan fingerprint density at radius 1 is 0.633 bits per heavy atom. The van der Waals surface area contributed by atoms with Crippen LogP contribution in [0.4, 0.5) is 5.69 Å². The van der Waals surface area contributed by atoms with Crippen LogP contribution in [0.2, 0.25) is 0 Å². The predicted molar refractivity (Wildman–Crippen MR) is 117 cm³/mol. The predicted octanol–water partition coefficient (Wildman–Crippen LogP) is 6.10. The van der Waals surface area contributed by atoms with Crippen molar-refractivity contribution in [1.29, 1.82) is 0 Å². The van der Waals surface area contributed by atoms with E-state index in [1.54, 1.807) is 12.1 Å². The minimum atomic E-state index is -0.814. The second kappa shape index (κ2) is 8.72. The lowest BCUT2D eigenvalue weighted by atomic mass is 9.80. The molecule has 0 unspecified atom stereocenters. The summed E-state index contributed by atoms with van der Waals surface area (Å²) in [7, 11) is 0. The lowest BCUT2D eigenvalue weighted by Crippen LogP contribution is -2.32. The molecule has 0 atom stereocenters. The van der Waals surface area contributed by atoms with Crippen LogP contribution in [0.25, 0.3) is 0 Å². The van der Waals surface area contributed by atoms with Gasteiger partial charge < -0.3 is 4.74 Å². The maximum Gasteiger partial charge on any atom is 0.269 e. The fraction of sp³-hybridized carbons (Fsp3) is 0.0769. The van der Waals surface area contributed by atoms with Gasteiger partial charge in [0, 0.05) is 12.1 Å². The molecule has 0 aliphatic rings. The average molecular weight is 395 g/mol. The smallest absolute Gasteiger partial charge is 0.269 e. The van der Waals surface area contributed by atoms with Crippen molar-refractivity contribution in [1.82, 2.24) is 0 Å². The summed E-state index contributed by atoms with van der Waals surface area (Å²) in [5, 5.41) is 11.0. The summed E-state index contributed by atoms with van der Waals surface area (Å²) in [4.78, 5) is 10.6. The molecule has 4 aromatic carbocycles. The van der Waals surface area contributed by atoms with Crippen molar-refractivity contribution < 1.29 is 9.66 Å². The molecule has 0 radical (unpaired) electrons. The molecule has 0 spiro atoms. The molecular formula is C26H21NO3. The van der Waals surface area contributed by atoms with E-state index < -0.39 is 10.5 Å². The monoisotopic (exact) mass is 395 g/mol. The summed E-state index contributed by atoms with van der Waals surface area (Å²) in [5.74, 6) is 0. The molecule has 0 aromatic heterocycles. The number of rotatable bonds is 7. The molecule has 4 aromatic rings. The van der Waals surface area contributed by atoms with Crippen LogP contribution in [0.5, 0.6) is 0 Å². The van der Waals surface area contributed by atoms with E-state index in [0.29, 0.717) is 6.61 Å². The Labute approximate surface area is 175 Å². The zero-order valence-electron chi connectivity index (χ0n) is 16.3. The minimum Gasteiger partial charge on any atom is -0.356 e. The molecule has 4 heteroatoms. The van der Waals surface area contributed by atoms with E-state index >= 15 is 0 Å². The summed E-state index contributed by atoms with van der Waals surface area (Å²) in [6, 6.07) is 36.9. The van der Waals surface area contributed by atoms with Gasteiger partial charge in [-0.15, -0.1) is 0 Å². The Bertz CT molecular complexity index is 999. The Balaban J connectivity index is 1.81. The third-order valence-electron chi connectivity index (χ3n) is 5.14. The lowest BCUT2D eigenvalue weighted by molar-refractivity contribution is -0.384. The Morgan fingerprint density at radius 3 is 1.40 bits per heavy atom. The normalized spacial score (nSPS) is 11.2. The minimum absolute atomic E-state index is 0.0687. The first-order valence-electron chi connectivity index (χ1n) is 9.74. The van der Waals surface area contributed by atoms with Crippen LogP contribution in [-0.2, 0) is 16.9 Å². The van der Waals surface area contributed by atoms with E-state index in [1.165, 1.54) is 12.1 Å². The molecular weight excluding hydrogens is 374 g/mol. The quantitative estimate of drug-likeness (QED) is 0.216. The molecule has 0 fully saturated rings. The van der Waals surface area contributed by atoms with Gasteiger partial charge in [0.1, 0.15) is 5.60 Å². The van der Waals surface area contributed by atoms with Gasteiger partial charge in [-0.2, -0.15) is 0 Å². The molecule has 0 N–H and O–H groups in total. The Morgan fingerprint density at radius 2 is 1.03 bits per heavy atom. The molecule has 0 aliphatic heterocycles. The summed E-state index contributed by atoms with van der Waals surface area (Å²) >= 11 is 0. The van der Waals surface area contributed by atoms with Gasteiger partial charge in [-0.1, -0.05) is 91.0 Å². The molecule has 0 saturated heterocycles. The maximum absolute atomic E-state index is 11.0. The molecule has 148 valence electrons. The largest absolute Gasteiger partial charge is 0.356 e. The van der Waals surface area contributed by atoms with E-state index in [0.717, 1.165) is 22.3 Å². The van der Waals surface area contributed by atoms with Gasteiger partial charge in [0.2, 0.25) is 0 Å². The highest BCUT2D eigenvalue weighted by Crippen LogP contribution is 2.41. The number of nitrogens with zero attached hydrogens (tertiary/aromatic N) is 1. The van der Waals surface area contributed by atoms with Gasteiger partial charge in [-0.05, 0) is 34.4 Å². The number of nitro groups is 1. The zero-order valence-corrected chi connectivity index (χ0v) is 16.3. The number of ether oxygens (including phenoxy) is 1. The first-order chi connectivity index (χ1) is 14.7. The molecule has 0 saturated carbocycles. The third-order valence-corrected chi connectivity index (χ3v) is 5.14. The summed E-state index contributed by atoms with van der Waals surface area (Å²) in [5.41, 5.74) is 3.18. The van der Waals surface area contributed by atoms with Crippen LogP contribution in [0, 0.1) is 10.1 Å². The Kier molecular flexibility index (Phi) is 5.68. The van der Waals surface area contributed by atoms with Gasteiger partial charge in [-0.3, -0.25) is 10.1 Å². The highest BCUT2D eigenvalue weighted by Gasteiger charge is 2.37. The van der Waals surface area contributed by atoms with Crippen LogP contribution in [0.3, 0.4) is 0 Å². The van der Waals surface area contributed by atoms with Crippen molar-refractivity contribution in [2.75, 3.05) is 0 Å². The summed E-state index contributed by atoms with van der Waals surface area (Å²) in [6.07, 6.45) is 0. The number of benzene rings is 4. The molecule has 4 nitrogen and oxygen atoms in total. The van der Waals surface area contributed by atoms with Crippen molar-refractivity contribution >= 4 is 5.69 Å². The van der Waals surface area contributed by atoms with Gasteiger partial charge in [-0.25, -0.2) is 0 Å². The first kappa shape index (κ1) is 19.6. The van der Waals surface area contributed by atoms with Crippen LogP contribution in [0.1, 0.15) is 22.3 Å². The summed E-state index contributed by atoms with van der Waals surface area (Å²) < 4.78 is 6.70. The zero-order chi connectivity index (χ0) is 20.8. The molecule has 0 heterocycles. The molecule has 30 heavy (non-hydrogen) atoms. The summed E-state index contributed by atoms with van der Waals surface area (Å²) in [6.45, 7) is 0.302. The van der Waals surface area contributed by atoms with Crippen molar-refractivity contribution in [2.45, 2.75) is 12.2 Å². The second-order valence-corrected chi connectivity index (χ2v) is 6.99. The van der Waals surface area contributed by atoms with E-state index in [9.17, 15) is 10.1 Å². The van der Waals surface area contributed by atoms with Gasteiger partial charge >= 0.3 is 0 Å². The van der Waals surface area contributed by atoms with Crippen LogP contribution < -0.4 is 0 Å². The molecule has 4 rings (SSSR count). The van der Waals surface area contributed by atoms with Gasteiger partial charge in [0.25, 0.3) is 5.69 Å². The van der Waals surface area contributed by atoms with Crippen molar-refractivity contribution in [3.63, 3.8) is 0 Å². The topological polar surface area (TPSA) is 52.4 Å². The molecule has 0 aliphatic carbocycles. The maximum atomic E-state index is 11.0. The van der Waals surface area contributed by atoms with E-state index in [2.05, 4.69) is 36.4 Å². The molecule has 0 amide bonds. The van der Waals surface area contributed by atoms with Crippen molar-refractivity contribution in [3.05, 3.63) is 148 Å². The van der Waals surface area contributed by atoms with Gasteiger partial charge in [0.15, 0.2) is 0 Å². The highest BCUT2D eigenvalue weighted by atomic mass is 16.6.